The van der Waals surface area contributed by atoms with Crippen molar-refractivity contribution < 1.29 is 14.6 Å². The average molecular weight is 296 g/mol. The second kappa shape index (κ2) is 4.48. The zero-order valence-electron chi connectivity index (χ0n) is 13.0. The largest absolute Gasteiger partial charge is 0.505 e. The smallest absolute Gasteiger partial charge is 0.203 e. The number of benzene rings is 1. The van der Waals surface area contributed by atoms with Crippen LogP contribution in [0.5, 0.6) is 5.75 Å². The van der Waals surface area contributed by atoms with Gasteiger partial charge in [-0.1, -0.05) is 18.6 Å². The van der Waals surface area contributed by atoms with Crippen LogP contribution in [-0.4, -0.2) is 18.0 Å². The second-order valence-electron chi connectivity index (χ2n) is 6.80. The molecule has 0 radical (unpaired) electrons. The minimum Gasteiger partial charge on any atom is -0.505 e. The van der Waals surface area contributed by atoms with Crippen LogP contribution in [0.15, 0.2) is 35.6 Å². The predicted molar refractivity (Wildman–Crippen MR) is 84.8 cm³/mol. The molecular formula is C19H20O3. The Balaban J connectivity index is 1.84. The van der Waals surface area contributed by atoms with Crippen molar-refractivity contribution in [2.75, 3.05) is 7.11 Å². The number of methoxy groups -OCH3 is 1. The van der Waals surface area contributed by atoms with Gasteiger partial charge >= 0.3 is 0 Å². The lowest BCUT2D eigenvalue weighted by atomic mass is 9.62. The van der Waals surface area contributed by atoms with Crippen molar-refractivity contribution in [2.45, 2.75) is 32.6 Å². The summed E-state index contributed by atoms with van der Waals surface area (Å²) in [6.07, 6.45) is 5.44. The maximum atomic E-state index is 12.3. The normalized spacial score (nSPS) is 29.6. The molecule has 3 nitrogen and oxygen atoms in total. The van der Waals surface area contributed by atoms with Crippen LogP contribution >= 0.6 is 0 Å². The molecule has 0 heterocycles. The third-order valence-corrected chi connectivity index (χ3v) is 5.72. The second-order valence-corrected chi connectivity index (χ2v) is 6.80. The number of ether oxygens (including phenoxy) is 1. The number of rotatable bonds is 1. The van der Waals surface area contributed by atoms with Gasteiger partial charge in [0.2, 0.25) is 5.78 Å². The molecule has 0 bridgehead atoms. The average Bonchev–Trinajstić information content (AvgIpc) is 2.77. The number of carbonyl (C=O) groups is 1. The summed E-state index contributed by atoms with van der Waals surface area (Å²) < 4.78 is 5.33. The van der Waals surface area contributed by atoms with E-state index < -0.39 is 5.41 Å². The Labute approximate surface area is 130 Å². The molecule has 1 aromatic carbocycles. The summed E-state index contributed by atoms with van der Waals surface area (Å²) >= 11 is 0. The summed E-state index contributed by atoms with van der Waals surface area (Å²) in [7, 11) is 1.69. The van der Waals surface area contributed by atoms with E-state index in [2.05, 4.69) is 12.1 Å². The van der Waals surface area contributed by atoms with Gasteiger partial charge < -0.3 is 9.84 Å². The summed E-state index contributed by atoms with van der Waals surface area (Å²) in [5, 5.41) is 9.92. The number of hydrogen-bond acceptors (Lipinski definition) is 3. The fourth-order valence-electron chi connectivity index (χ4n) is 4.42. The van der Waals surface area contributed by atoms with E-state index in [1.807, 2.05) is 13.0 Å². The molecule has 3 aliphatic carbocycles. The van der Waals surface area contributed by atoms with Crippen LogP contribution < -0.4 is 4.74 Å². The molecule has 4 rings (SSSR count). The number of carbonyl (C=O) groups excluding carboxylic acids is 1. The Hall–Kier alpha value is -2.03. The SMILES string of the molecule is COc1ccc2c(c1)CCC1=C2CC[C@]2(C)C(=O)C(O)=C[C@H]12. The molecule has 0 unspecified atom stereocenters. The molecular weight excluding hydrogens is 276 g/mol. The van der Waals surface area contributed by atoms with Crippen LogP contribution in [-0.2, 0) is 11.2 Å². The van der Waals surface area contributed by atoms with E-state index in [4.69, 9.17) is 4.74 Å². The van der Waals surface area contributed by atoms with Gasteiger partial charge in [0.15, 0.2) is 5.76 Å². The summed E-state index contributed by atoms with van der Waals surface area (Å²) in [4.78, 5) is 12.3. The highest BCUT2D eigenvalue weighted by Crippen LogP contribution is 2.55. The number of ketones is 1. The predicted octanol–water partition coefficient (Wildman–Crippen LogP) is 3.84. The van der Waals surface area contributed by atoms with Gasteiger partial charge in [-0.2, -0.15) is 0 Å². The maximum absolute atomic E-state index is 12.3. The van der Waals surface area contributed by atoms with Crippen LogP contribution in [0, 0.1) is 11.3 Å². The Morgan fingerprint density at radius 3 is 2.86 bits per heavy atom. The standard InChI is InChI=1S/C19H20O3/c1-19-8-7-14-13-6-4-12(22-2)9-11(13)3-5-15(14)16(19)10-17(20)18(19)21/h4,6,9-10,16,20H,3,5,7-8H2,1-2H3/t16-,19+/m1/s1. The van der Waals surface area contributed by atoms with E-state index in [-0.39, 0.29) is 17.5 Å². The minimum atomic E-state index is -0.438. The zero-order chi connectivity index (χ0) is 15.5. The first-order valence-electron chi connectivity index (χ1n) is 7.89. The Morgan fingerprint density at radius 2 is 2.09 bits per heavy atom. The third kappa shape index (κ3) is 1.65. The van der Waals surface area contributed by atoms with E-state index in [1.165, 1.54) is 22.3 Å². The van der Waals surface area contributed by atoms with Gasteiger partial charge in [0.05, 0.1) is 7.11 Å². The Bertz CT molecular complexity index is 741. The highest BCUT2D eigenvalue weighted by molar-refractivity contribution is 6.02. The fraction of sp³-hybridized carbons (Fsp3) is 0.421. The van der Waals surface area contributed by atoms with Crippen molar-refractivity contribution in [1.29, 1.82) is 0 Å². The lowest BCUT2D eigenvalue weighted by Crippen LogP contribution is -2.36. The lowest BCUT2D eigenvalue weighted by Gasteiger charge is -2.40. The number of Topliss-reactive ketones (excluding diaryl/α,β-unsaturated/α-hetero) is 1. The lowest BCUT2D eigenvalue weighted by molar-refractivity contribution is -0.126. The first-order chi connectivity index (χ1) is 10.5. The quantitative estimate of drug-likeness (QED) is 0.856. The summed E-state index contributed by atoms with van der Waals surface area (Å²) in [5.74, 6) is 0.849. The fourth-order valence-corrected chi connectivity index (χ4v) is 4.42. The first-order valence-corrected chi connectivity index (χ1v) is 7.89. The molecule has 1 aromatic rings. The number of aliphatic hydroxyl groups excluding tert-OH is 1. The van der Waals surface area contributed by atoms with Gasteiger partial charge in [0.1, 0.15) is 5.75 Å². The molecule has 0 saturated heterocycles. The van der Waals surface area contributed by atoms with Gasteiger partial charge in [0.25, 0.3) is 0 Å². The van der Waals surface area contributed by atoms with E-state index in [1.54, 1.807) is 13.2 Å². The minimum absolute atomic E-state index is 0.0400. The monoisotopic (exact) mass is 296 g/mol. The molecule has 3 aliphatic rings. The van der Waals surface area contributed by atoms with Crippen LogP contribution in [0.4, 0.5) is 0 Å². The van der Waals surface area contributed by atoms with Crippen LogP contribution in [0.25, 0.3) is 5.57 Å². The number of aliphatic hydroxyl groups is 1. The Morgan fingerprint density at radius 1 is 1.27 bits per heavy atom. The summed E-state index contributed by atoms with van der Waals surface area (Å²) in [6, 6.07) is 6.28. The number of hydrogen-bond donors (Lipinski definition) is 1. The number of allylic oxidation sites excluding steroid dienone is 4. The molecule has 0 aliphatic heterocycles. The molecule has 0 amide bonds. The van der Waals surface area contributed by atoms with Crippen LogP contribution in [0.3, 0.4) is 0 Å². The van der Waals surface area contributed by atoms with Crippen molar-refractivity contribution in [2.24, 2.45) is 11.3 Å². The topological polar surface area (TPSA) is 46.5 Å². The molecule has 0 spiro atoms. The first kappa shape index (κ1) is 13.6. The van der Waals surface area contributed by atoms with Gasteiger partial charge in [-0.3, -0.25) is 4.79 Å². The zero-order valence-corrected chi connectivity index (χ0v) is 13.0. The van der Waals surface area contributed by atoms with Gasteiger partial charge in [0, 0.05) is 11.3 Å². The molecule has 2 atom stereocenters. The summed E-state index contributed by atoms with van der Waals surface area (Å²) in [5.41, 5.74) is 4.93. The highest BCUT2D eigenvalue weighted by Gasteiger charge is 2.51. The highest BCUT2D eigenvalue weighted by atomic mass is 16.5. The molecule has 3 heteroatoms. The summed E-state index contributed by atoms with van der Waals surface area (Å²) in [6.45, 7) is 2.01. The van der Waals surface area contributed by atoms with Gasteiger partial charge in [-0.05, 0) is 60.6 Å². The molecule has 0 aromatic heterocycles. The van der Waals surface area contributed by atoms with E-state index >= 15 is 0 Å². The van der Waals surface area contributed by atoms with Crippen molar-refractivity contribution in [3.63, 3.8) is 0 Å². The van der Waals surface area contributed by atoms with E-state index in [9.17, 15) is 9.90 Å². The third-order valence-electron chi connectivity index (χ3n) is 5.72. The van der Waals surface area contributed by atoms with Gasteiger partial charge in [-0.15, -0.1) is 0 Å². The number of fused-ring (bicyclic) bond motifs is 4. The van der Waals surface area contributed by atoms with Crippen molar-refractivity contribution >= 4 is 11.4 Å². The molecule has 0 fully saturated rings. The Kier molecular flexibility index (Phi) is 2.77. The number of aryl methyl sites for hydroxylation is 1. The van der Waals surface area contributed by atoms with Gasteiger partial charge in [-0.25, -0.2) is 0 Å². The molecule has 1 N–H and O–H groups in total. The molecule has 0 saturated carbocycles. The molecule has 114 valence electrons. The maximum Gasteiger partial charge on any atom is 0.203 e. The van der Waals surface area contributed by atoms with E-state index in [0.717, 1.165) is 31.4 Å². The molecule has 22 heavy (non-hydrogen) atoms. The van der Waals surface area contributed by atoms with Crippen LogP contribution in [0.2, 0.25) is 0 Å². The van der Waals surface area contributed by atoms with Crippen molar-refractivity contribution in [3.05, 3.63) is 46.7 Å². The van der Waals surface area contributed by atoms with Crippen molar-refractivity contribution in [3.8, 4) is 5.75 Å². The van der Waals surface area contributed by atoms with Crippen LogP contribution in [0.1, 0.15) is 37.3 Å². The van der Waals surface area contributed by atoms with E-state index in [0.29, 0.717) is 0 Å². The van der Waals surface area contributed by atoms with Crippen molar-refractivity contribution in [1.82, 2.24) is 0 Å².